The van der Waals surface area contributed by atoms with Gasteiger partial charge >= 0.3 is 0 Å². The van der Waals surface area contributed by atoms with Gasteiger partial charge in [0.05, 0.1) is 11.2 Å². The topological polar surface area (TPSA) is 24.9 Å². The lowest BCUT2D eigenvalue weighted by Gasteiger charge is -2.41. The fourth-order valence-corrected chi connectivity index (χ4v) is 3.18. The molecular formula is C12H20N2S. The Balaban J connectivity index is 2.18. The minimum atomic E-state index is 0.236. The molecule has 2 nitrogen and oxygen atoms in total. The maximum Gasteiger partial charge on any atom is 0.113 e. The van der Waals surface area contributed by atoms with Gasteiger partial charge in [0.1, 0.15) is 5.01 Å². The van der Waals surface area contributed by atoms with Crippen LogP contribution in [0.3, 0.4) is 0 Å². The molecular weight excluding hydrogens is 204 g/mol. The second kappa shape index (κ2) is 4.22. The molecule has 0 bridgehead atoms. The van der Waals surface area contributed by atoms with E-state index >= 15 is 0 Å². The average Bonchev–Trinajstić information content (AvgIpc) is 2.46. The molecule has 0 radical (unpaired) electrons. The summed E-state index contributed by atoms with van der Waals surface area (Å²) in [5, 5.41) is 5.00. The third-order valence-corrected chi connectivity index (χ3v) is 4.64. The van der Waals surface area contributed by atoms with Gasteiger partial charge in [-0.25, -0.2) is 4.98 Å². The molecule has 1 aliphatic rings. The lowest BCUT2D eigenvalue weighted by atomic mass is 9.77. The highest BCUT2D eigenvalue weighted by Gasteiger charge is 2.40. The molecule has 0 unspecified atom stereocenters. The summed E-state index contributed by atoms with van der Waals surface area (Å²) >= 11 is 1.87. The zero-order chi connectivity index (χ0) is 10.9. The van der Waals surface area contributed by atoms with E-state index in [1.54, 1.807) is 0 Å². The molecule has 0 aromatic carbocycles. The van der Waals surface area contributed by atoms with E-state index in [1.807, 2.05) is 11.3 Å². The summed E-state index contributed by atoms with van der Waals surface area (Å²) in [6, 6.07) is 0. The lowest BCUT2D eigenvalue weighted by molar-refractivity contribution is 0.186. The van der Waals surface area contributed by atoms with E-state index in [9.17, 15) is 0 Å². The van der Waals surface area contributed by atoms with E-state index in [0.717, 1.165) is 6.54 Å². The average molecular weight is 224 g/mol. The molecule has 0 spiro atoms. The minimum Gasteiger partial charge on any atom is -0.305 e. The highest BCUT2D eigenvalue weighted by Crippen LogP contribution is 2.43. The molecule has 0 amide bonds. The van der Waals surface area contributed by atoms with Gasteiger partial charge in [0, 0.05) is 4.88 Å². The standard InChI is InChI=1S/C12H20N2S/c1-4-8-13-12(6-5-7-12)11-14-9(2)10(3)15-11/h13H,4-8H2,1-3H3. The first-order valence-corrected chi connectivity index (χ1v) is 6.69. The Morgan fingerprint density at radius 2 is 2.13 bits per heavy atom. The van der Waals surface area contributed by atoms with Crippen LogP contribution in [0.25, 0.3) is 0 Å². The Morgan fingerprint density at radius 3 is 2.53 bits per heavy atom. The fourth-order valence-electron chi connectivity index (χ4n) is 2.04. The number of nitrogens with zero attached hydrogens (tertiary/aromatic N) is 1. The van der Waals surface area contributed by atoms with Crippen LogP contribution < -0.4 is 5.32 Å². The molecule has 15 heavy (non-hydrogen) atoms. The van der Waals surface area contributed by atoms with Crippen LogP contribution >= 0.6 is 11.3 Å². The minimum absolute atomic E-state index is 0.236. The number of rotatable bonds is 4. The highest BCUT2D eigenvalue weighted by molar-refractivity contribution is 7.11. The highest BCUT2D eigenvalue weighted by atomic mass is 32.1. The summed E-state index contributed by atoms with van der Waals surface area (Å²) < 4.78 is 0. The van der Waals surface area contributed by atoms with Crippen LogP contribution in [0.2, 0.25) is 0 Å². The second-order valence-corrected chi connectivity index (χ2v) is 5.73. The Kier molecular flexibility index (Phi) is 3.12. The summed E-state index contributed by atoms with van der Waals surface area (Å²) in [7, 11) is 0. The molecule has 1 aromatic rings. The first kappa shape index (κ1) is 11.1. The Hall–Kier alpha value is -0.410. The van der Waals surface area contributed by atoms with Crippen molar-refractivity contribution < 1.29 is 0 Å². The van der Waals surface area contributed by atoms with Gasteiger partial charge in [-0.3, -0.25) is 0 Å². The normalized spacial score (nSPS) is 18.9. The van der Waals surface area contributed by atoms with Crippen LogP contribution in [0.1, 0.15) is 48.2 Å². The van der Waals surface area contributed by atoms with Crippen molar-refractivity contribution in [1.82, 2.24) is 10.3 Å². The molecule has 3 heteroatoms. The van der Waals surface area contributed by atoms with Crippen LogP contribution in [-0.2, 0) is 5.54 Å². The molecule has 1 aliphatic carbocycles. The summed E-state index contributed by atoms with van der Waals surface area (Å²) in [6.07, 6.45) is 5.07. The second-order valence-electron chi connectivity index (χ2n) is 4.52. The van der Waals surface area contributed by atoms with Crippen LogP contribution in [0.15, 0.2) is 0 Å². The molecule has 1 heterocycles. The molecule has 1 N–H and O–H groups in total. The summed E-state index contributed by atoms with van der Waals surface area (Å²) in [5.74, 6) is 0. The van der Waals surface area contributed by atoms with E-state index in [2.05, 4.69) is 26.1 Å². The molecule has 0 atom stereocenters. The Bertz CT molecular complexity index is 320. The van der Waals surface area contributed by atoms with Crippen molar-refractivity contribution in [2.24, 2.45) is 0 Å². The molecule has 1 saturated carbocycles. The van der Waals surface area contributed by atoms with E-state index in [0.29, 0.717) is 0 Å². The quantitative estimate of drug-likeness (QED) is 0.850. The van der Waals surface area contributed by atoms with Gasteiger partial charge in [-0.15, -0.1) is 11.3 Å². The van der Waals surface area contributed by atoms with Gasteiger partial charge in [-0.05, 0) is 46.1 Å². The van der Waals surface area contributed by atoms with Gasteiger partial charge < -0.3 is 5.32 Å². The van der Waals surface area contributed by atoms with E-state index < -0.39 is 0 Å². The van der Waals surface area contributed by atoms with Crippen LogP contribution in [0.4, 0.5) is 0 Å². The summed E-state index contributed by atoms with van der Waals surface area (Å²) in [6.45, 7) is 7.61. The molecule has 2 rings (SSSR count). The van der Waals surface area contributed by atoms with Gasteiger partial charge in [0.2, 0.25) is 0 Å². The Morgan fingerprint density at radius 1 is 1.40 bits per heavy atom. The zero-order valence-electron chi connectivity index (χ0n) is 9.89. The molecule has 0 aliphatic heterocycles. The van der Waals surface area contributed by atoms with E-state index in [-0.39, 0.29) is 5.54 Å². The van der Waals surface area contributed by atoms with Crippen molar-refractivity contribution >= 4 is 11.3 Å². The molecule has 84 valence electrons. The zero-order valence-corrected chi connectivity index (χ0v) is 10.7. The largest absolute Gasteiger partial charge is 0.305 e. The van der Waals surface area contributed by atoms with Crippen molar-refractivity contribution in [3.63, 3.8) is 0 Å². The third kappa shape index (κ3) is 1.95. The first-order chi connectivity index (χ1) is 7.18. The first-order valence-electron chi connectivity index (χ1n) is 5.87. The van der Waals surface area contributed by atoms with E-state index in [4.69, 9.17) is 4.98 Å². The number of thiazole rings is 1. The number of nitrogens with one attached hydrogen (secondary N) is 1. The maximum absolute atomic E-state index is 4.71. The van der Waals surface area contributed by atoms with Crippen LogP contribution in [-0.4, -0.2) is 11.5 Å². The van der Waals surface area contributed by atoms with Crippen molar-refractivity contribution in [2.45, 2.75) is 52.0 Å². The predicted octanol–water partition coefficient (Wildman–Crippen LogP) is 3.14. The predicted molar refractivity (Wildman–Crippen MR) is 65.4 cm³/mol. The summed E-state index contributed by atoms with van der Waals surface area (Å²) in [5.41, 5.74) is 1.44. The maximum atomic E-state index is 4.71. The number of aromatic nitrogens is 1. The van der Waals surface area contributed by atoms with Gasteiger partial charge in [0.25, 0.3) is 0 Å². The van der Waals surface area contributed by atoms with E-state index in [1.165, 1.54) is 41.3 Å². The fraction of sp³-hybridized carbons (Fsp3) is 0.750. The molecule has 0 saturated heterocycles. The number of aryl methyl sites for hydroxylation is 2. The van der Waals surface area contributed by atoms with Crippen molar-refractivity contribution in [3.8, 4) is 0 Å². The van der Waals surface area contributed by atoms with Crippen molar-refractivity contribution in [1.29, 1.82) is 0 Å². The van der Waals surface area contributed by atoms with Gasteiger partial charge in [0.15, 0.2) is 0 Å². The molecule has 1 fully saturated rings. The lowest BCUT2D eigenvalue weighted by Crippen LogP contribution is -2.48. The SMILES string of the molecule is CCCNC1(c2nc(C)c(C)s2)CCC1. The van der Waals surface area contributed by atoms with Crippen molar-refractivity contribution in [2.75, 3.05) is 6.54 Å². The molecule has 1 aromatic heterocycles. The summed E-state index contributed by atoms with van der Waals surface area (Å²) in [4.78, 5) is 6.08. The van der Waals surface area contributed by atoms with Crippen LogP contribution in [0, 0.1) is 13.8 Å². The third-order valence-electron chi connectivity index (χ3n) is 3.36. The Labute approximate surface area is 96.1 Å². The number of hydrogen-bond donors (Lipinski definition) is 1. The van der Waals surface area contributed by atoms with Gasteiger partial charge in [-0.1, -0.05) is 6.92 Å². The smallest absolute Gasteiger partial charge is 0.113 e. The van der Waals surface area contributed by atoms with Gasteiger partial charge in [-0.2, -0.15) is 0 Å². The number of hydrogen-bond acceptors (Lipinski definition) is 3. The van der Waals surface area contributed by atoms with Crippen LogP contribution in [0.5, 0.6) is 0 Å². The monoisotopic (exact) mass is 224 g/mol. The van der Waals surface area contributed by atoms with Crippen molar-refractivity contribution in [3.05, 3.63) is 15.6 Å².